The fraction of sp³-hybridized carbons (Fsp3) is 0.846. The van der Waals surface area contributed by atoms with E-state index in [1.165, 1.54) is 6.08 Å². The van der Waals surface area contributed by atoms with Crippen LogP contribution in [0.4, 0.5) is 0 Å². The van der Waals surface area contributed by atoms with Crippen molar-refractivity contribution in [2.45, 2.75) is 58.0 Å². The molecule has 0 radical (unpaired) electrons. The lowest BCUT2D eigenvalue weighted by atomic mass is 9.58. The zero-order valence-corrected chi connectivity index (χ0v) is 11.0. The van der Waals surface area contributed by atoms with Crippen LogP contribution in [0, 0.1) is 11.3 Å². The van der Waals surface area contributed by atoms with Crippen molar-refractivity contribution in [3.63, 3.8) is 0 Å². The molecule has 0 heterocycles. The van der Waals surface area contributed by atoms with Gasteiger partial charge in [0.05, 0.1) is 23.9 Å². The molecule has 0 aromatic rings. The van der Waals surface area contributed by atoms with Crippen LogP contribution in [0.25, 0.3) is 0 Å². The second-order valence-corrected chi connectivity index (χ2v) is 5.86. The normalized spacial score (nSPS) is 43.9. The van der Waals surface area contributed by atoms with Gasteiger partial charge in [-0.05, 0) is 13.3 Å². The van der Waals surface area contributed by atoms with Gasteiger partial charge in [-0.3, -0.25) is 0 Å². The number of aliphatic hydroxyl groups is 4. The number of hydrogen-bond acceptors (Lipinski definition) is 4. The third-order valence-corrected chi connectivity index (χ3v) is 4.03. The quantitative estimate of drug-likeness (QED) is 0.531. The zero-order chi connectivity index (χ0) is 13.4. The Bertz CT molecular complexity index is 298. The van der Waals surface area contributed by atoms with Crippen molar-refractivity contribution in [1.29, 1.82) is 0 Å². The molecule has 17 heavy (non-hydrogen) atoms. The van der Waals surface area contributed by atoms with Crippen LogP contribution in [-0.4, -0.2) is 44.3 Å². The molecule has 0 aromatic heterocycles. The van der Waals surface area contributed by atoms with Gasteiger partial charge < -0.3 is 20.4 Å². The smallest absolute Gasteiger partial charge is 0.0931 e. The molecular weight excluding hydrogens is 220 g/mol. The van der Waals surface area contributed by atoms with E-state index in [1.54, 1.807) is 19.9 Å². The lowest BCUT2D eigenvalue weighted by Gasteiger charge is -2.52. The van der Waals surface area contributed by atoms with Gasteiger partial charge in [0.15, 0.2) is 0 Å². The Balaban J connectivity index is 3.08. The Hall–Kier alpha value is -0.420. The second kappa shape index (κ2) is 4.69. The van der Waals surface area contributed by atoms with Gasteiger partial charge in [0, 0.05) is 11.3 Å². The minimum absolute atomic E-state index is 0.319. The number of aliphatic hydroxyl groups excluding tert-OH is 3. The molecule has 1 fully saturated rings. The van der Waals surface area contributed by atoms with E-state index in [2.05, 4.69) is 0 Å². The maximum Gasteiger partial charge on any atom is 0.0931 e. The fourth-order valence-corrected chi connectivity index (χ4v) is 2.68. The third-order valence-electron chi connectivity index (χ3n) is 4.03. The summed E-state index contributed by atoms with van der Waals surface area (Å²) in [5, 5.41) is 39.6. The lowest BCUT2D eigenvalue weighted by Crippen LogP contribution is -2.60. The van der Waals surface area contributed by atoms with Crippen molar-refractivity contribution in [1.82, 2.24) is 0 Å². The maximum absolute atomic E-state index is 10.7. The van der Waals surface area contributed by atoms with E-state index >= 15 is 0 Å². The summed E-state index contributed by atoms with van der Waals surface area (Å²) in [5.41, 5.74) is -1.79. The molecule has 1 aliphatic carbocycles. The molecule has 4 heteroatoms. The third kappa shape index (κ3) is 2.55. The molecule has 0 saturated heterocycles. The molecule has 1 saturated carbocycles. The number of rotatable bonds is 2. The summed E-state index contributed by atoms with van der Waals surface area (Å²) in [4.78, 5) is 0. The molecule has 0 aliphatic heterocycles. The Morgan fingerprint density at radius 2 is 1.82 bits per heavy atom. The highest BCUT2D eigenvalue weighted by Gasteiger charge is 2.54. The standard InChI is InChI=1S/C13H24O4/c1-8(14)5-6-13(17)9(2)11(16)10(15)7-12(13,3)4/h5-6,8-11,14-17H,7H2,1-4H3/t8-,9+,10-,11-,13+/m0/s1. The molecule has 0 unspecified atom stereocenters. The van der Waals surface area contributed by atoms with Crippen LogP contribution in [0.3, 0.4) is 0 Å². The van der Waals surface area contributed by atoms with E-state index in [9.17, 15) is 20.4 Å². The summed E-state index contributed by atoms with van der Waals surface area (Å²) in [6.07, 6.45) is 0.970. The largest absolute Gasteiger partial charge is 0.390 e. The van der Waals surface area contributed by atoms with Crippen LogP contribution in [-0.2, 0) is 0 Å². The van der Waals surface area contributed by atoms with E-state index in [1.807, 2.05) is 13.8 Å². The molecule has 0 bridgehead atoms. The Kier molecular flexibility index (Phi) is 4.04. The monoisotopic (exact) mass is 244 g/mol. The topological polar surface area (TPSA) is 80.9 Å². The minimum atomic E-state index is -1.23. The molecule has 0 aromatic carbocycles. The summed E-state index contributed by atoms with van der Waals surface area (Å²) in [6, 6.07) is 0. The summed E-state index contributed by atoms with van der Waals surface area (Å²) in [5.74, 6) is -0.490. The molecule has 0 amide bonds. The average molecular weight is 244 g/mol. The predicted octanol–water partition coefficient (Wildman–Crippen LogP) is 0.442. The van der Waals surface area contributed by atoms with Crippen LogP contribution in [0.15, 0.2) is 12.2 Å². The van der Waals surface area contributed by atoms with E-state index < -0.39 is 35.2 Å². The van der Waals surface area contributed by atoms with Gasteiger partial charge in [-0.1, -0.05) is 32.9 Å². The Morgan fingerprint density at radius 1 is 1.29 bits per heavy atom. The van der Waals surface area contributed by atoms with Gasteiger partial charge in [0.25, 0.3) is 0 Å². The Morgan fingerprint density at radius 3 is 2.29 bits per heavy atom. The fourth-order valence-electron chi connectivity index (χ4n) is 2.68. The first-order valence-corrected chi connectivity index (χ1v) is 6.08. The molecule has 4 N–H and O–H groups in total. The van der Waals surface area contributed by atoms with Crippen molar-refractivity contribution in [2.75, 3.05) is 0 Å². The summed E-state index contributed by atoms with van der Waals surface area (Å²) >= 11 is 0. The minimum Gasteiger partial charge on any atom is -0.390 e. The summed E-state index contributed by atoms with van der Waals surface area (Å²) in [7, 11) is 0. The van der Waals surface area contributed by atoms with Crippen LogP contribution in [0.1, 0.15) is 34.1 Å². The second-order valence-electron chi connectivity index (χ2n) is 5.86. The van der Waals surface area contributed by atoms with Gasteiger partial charge in [0.1, 0.15) is 0 Å². The van der Waals surface area contributed by atoms with Crippen LogP contribution >= 0.6 is 0 Å². The molecule has 5 atom stereocenters. The Labute approximate surface area is 103 Å². The first-order chi connectivity index (χ1) is 7.62. The molecule has 4 nitrogen and oxygen atoms in total. The zero-order valence-electron chi connectivity index (χ0n) is 11.0. The molecule has 100 valence electrons. The van der Waals surface area contributed by atoms with Crippen molar-refractivity contribution >= 4 is 0 Å². The van der Waals surface area contributed by atoms with E-state index in [0.29, 0.717) is 6.42 Å². The van der Waals surface area contributed by atoms with Gasteiger partial charge in [-0.2, -0.15) is 0 Å². The molecular formula is C13H24O4. The lowest BCUT2D eigenvalue weighted by molar-refractivity contribution is -0.182. The van der Waals surface area contributed by atoms with Crippen molar-refractivity contribution in [3.05, 3.63) is 12.2 Å². The number of hydrogen-bond donors (Lipinski definition) is 4. The van der Waals surface area contributed by atoms with Crippen LogP contribution in [0.2, 0.25) is 0 Å². The first kappa shape index (κ1) is 14.6. The van der Waals surface area contributed by atoms with Gasteiger partial charge >= 0.3 is 0 Å². The maximum atomic E-state index is 10.7. The van der Waals surface area contributed by atoms with Crippen LogP contribution < -0.4 is 0 Å². The average Bonchev–Trinajstić information content (AvgIpc) is 2.21. The molecule has 1 aliphatic rings. The highest BCUT2D eigenvalue weighted by molar-refractivity contribution is 5.17. The van der Waals surface area contributed by atoms with Gasteiger partial charge in [-0.15, -0.1) is 0 Å². The summed E-state index contributed by atoms with van der Waals surface area (Å²) in [6.45, 7) is 7.02. The first-order valence-electron chi connectivity index (χ1n) is 6.08. The predicted molar refractivity (Wildman–Crippen MR) is 65.3 cm³/mol. The summed E-state index contributed by atoms with van der Waals surface area (Å²) < 4.78 is 0. The van der Waals surface area contributed by atoms with Crippen molar-refractivity contribution in [3.8, 4) is 0 Å². The van der Waals surface area contributed by atoms with Crippen molar-refractivity contribution < 1.29 is 20.4 Å². The van der Waals surface area contributed by atoms with E-state index in [-0.39, 0.29) is 0 Å². The van der Waals surface area contributed by atoms with Gasteiger partial charge in [0.2, 0.25) is 0 Å². The molecule has 1 rings (SSSR count). The molecule has 0 spiro atoms. The van der Waals surface area contributed by atoms with E-state index in [4.69, 9.17) is 0 Å². The SMILES string of the molecule is C[C@H](O)C=C[C@@]1(O)[C@H](C)[C@H](O)[C@@H](O)CC1(C)C. The van der Waals surface area contributed by atoms with Gasteiger partial charge in [-0.25, -0.2) is 0 Å². The highest BCUT2D eigenvalue weighted by atomic mass is 16.3. The highest BCUT2D eigenvalue weighted by Crippen LogP contribution is 2.48. The van der Waals surface area contributed by atoms with Crippen LogP contribution in [0.5, 0.6) is 0 Å². The van der Waals surface area contributed by atoms with E-state index in [0.717, 1.165) is 0 Å². The van der Waals surface area contributed by atoms with Crippen molar-refractivity contribution in [2.24, 2.45) is 11.3 Å².